The molecule has 160 valence electrons. The molecule has 0 unspecified atom stereocenters. The number of hydrogen-bond donors (Lipinski definition) is 1. The van der Waals surface area contributed by atoms with Crippen molar-refractivity contribution in [3.63, 3.8) is 0 Å². The molecule has 6 nitrogen and oxygen atoms in total. The number of ether oxygens (including phenoxy) is 1. The van der Waals surface area contributed by atoms with Crippen LogP contribution in [0.1, 0.15) is 37.5 Å². The lowest BCUT2D eigenvalue weighted by Crippen LogP contribution is -2.49. The fourth-order valence-corrected chi connectivity index (χ4v) is 3.92. The van der Waals surface area contributed by atoms with Gasteiger partial charge in [0, 0.05) is 37.4 Å². The number of hydrogen-bond acceptors (Lipinski definition) is 5. The smallest absolute Gasteiger partial charge is 0.219 e. The molecule has 1 aliphatic rings. The third kappa shape index (κ3) is 4.65. The SMILES string of the molecule is C/C=C(\N=c1c(C)cc(N2CCN[C@@H](C)C2)cn1C=O)c1ccc(OC)c(CC)c1. The predicted molar refractivity (Wildman–Crippen MR) is 123 cm³/mol. The molecule has 1 fully saturated rings. The van der Waals surface area contributed by atoms with Crippen molar-refractivity contribution >= 4 is 17.8 Å². The fourth-order valence-electron chi connectivity index (χ4n) is 3.92. The van der Waals surface area contributed by atoms with Crippen molar-refractivity contribution in [1.82, 2.24) is 9.88 Å². The van der Waals surface area contributed by atoms with E-state index in [-0.39, 0.29) is 0 Å². The molecule has 0 bridgehead atoms. The average molecular weight is 409 g/mol. The van der Waals surface area contributed by atoms with Crippen molar-refractivity contribution in [3.05, 3.63) is 58.7 Å². The van der Waals surface area contributed by atoms with Crippen LogP contribution < -0.4 is 20.4 Å². The molecule has 30 heavy (non-hydrogen) atoms. The van der Waals surface area contributed by atoms with Gasteiger partial charge in [-0.05, 0) is 62.6 Å². The van der Waals surface area contributed by atoms with Crippen molar-refractivity contribution in [2.45, 2.75) is 40.2 Å². The van der Waals surface area contributed by atoms with Crippen LogP contribution in [0.5, 0.6) is 5.75 Å². The number of pyridine rings is 1. The topological polar surface area (TPSA) is 58.9 Å². The number of methoxy groups -OCH3 is 1. The Balaban J connectivity index is 2.04. The Morgan fingerprint density at radius 3 is 2.80 bits per heavy atom. The van der Waals surface area contributed by atoms with Gasteiger partial charge >= 0.3 is 0 Å². The number of aromatic nitrogens is 1. The zero-order valence-corrected chi connectivity index (χ0v) is 18.6. The maximum atomic E-state index is 11.9. The van der Waals surface area contributed by atoms with Gasteiger partial charge in [0.05, 0.1) is 18.5 Å². The lowest BCUT2D eigenvalue weighted by Gasteiger charge is -2.34. The van der Waals surface area contributed by atoms with Crippen LogP contribution in [0.3, 0.4) is 0 Å². The molecule has 1 aromatic carbocycles. The molecule has 6 heteroatoms. The first-order valence-corrected chi connectivity index (χ1v) is 10.5. The molecule has 0 amide bonds. The number of allylic oxidation sites excluding steroid dienone is 1. The number of carbonyl (C=O) groups is 1. The van der Waals surface area contributed by atoms with E-state index in [1.165, 1.54) is 0 Å². The second kappa shape index (κ2) is 9.76. The number of benzene rings is 1. The van der Waals surface area contributed by atoms with Gasteiger partial charge in [0.1, 0.15) is 11.2 Å². The summed E-state index contributed by atoms with van der Waals surface area (Å²) in [6, 6.07) is 8.63. The molecule has 0 aliphatic carbocycles. The Morgan fingerprint density at radius 1 is 1.37 bits per heavy atom. The third-order valence-corrected chi connectivity index (χ3v) is 5.54. The highest BCUT2D eigenvalue weighted by Crippen LogP contribution is 2.25. The maximum Gasteiger partial charge on any atom is 0.219 e. The zero-order valence-electron chi connectivity index (χ0n) is 18.6. The van der Waals surface area contributed by atoms with Gasteiger partial charge in [-0.2, -0.15) is 0 Å². The van der Waals surface area contributed by atoms with Crippen LogP contribution in [0.4, 0.5) is 5.69 Å². The molecule has 1 saturated heterocycles. The van der Waals surface area contributed by atoms with Crippen LogP contribution in [-0.2, 0) is 11.2 Å². The van der Waals surface area contributed by atoms with Gasteiger partial charge in [0.25, 0.3) is 0 Å². The van der Waals surface area contributed by atoms with Crippen LogP contribution in [0, 0.1) is 6.92 Å². The summed E-state index contributed by atoms with van der Waals surface area (Å²) in [6.45, 7) is 11.0. The van der Waals surface area contributed by atoms with Gasteiger partial charge in [-0.3, -0.25) is 9.36 Å². The summed E-state index contributed by atoms with van der Waals surface area (Å²) in [5.74, 6) is 0.880. The molecule has 0 saturated carbocycles. The molecule has 1 N–H and O–H groups in total. The Labute approximate surface area is 178 Å². The highest BCUT2D eigenvalue weighted by Gasteiger charge is 2.17. The molecule has 0 radical (unpaired) electrons. The Bertz CT molecular complexity index is 1010. The molecule has 1 aromatic heterocycles. The van der Waals surface area contributed by atoms with Crippen molar-refractivity contribution in [1.29, 1.82) is 0 Å². The van der Waals surface area contributed by atoms with E-state index in [1.807, 2.05) is 38.3 Å². The van der Waals surface area contributed by atoms with E-state index in [0.29, 0.717) is 11.5 Å². The summed E-state index contributed by atoms with van der Waals surface area (Å²) < 4.78 is 7.04. The van der Waals surface area contributed by atoms with Gasteiger partial charge in [-0.1, -0.05) is 13.0 Å². The predicted octanol–water partition coefficient (Wildman–Crippen LogP) is 3.17. The Hall–Kier alpha value is -2.86. The minimum Gasteiger partial charge on any atom is -0.496 e. The van der Waals surface area contributed by atoms with Crippen molar-refractivity contribution in [3.8, 4) is 5.75 Å². The molecule has 0 spiro atoms. The number of nitrogens with zero attached hydrogens (tertiary/aromatic N) is 3. The minimum atomic E-state index is 0.422. The monoisotopic (exact) mass is 408 g/mol. The molecule has 2 heterocycles. The third-order valence-electron chi connectivity index (χ3n) is 5.54. The molecule has 2 aromatic rings. The standard InChI is InChI=1S/C24H32N4O2/c1-6-19-13-20(8-9-23(19)30-5)22(7-2)26-24-17(3)12-21(15-28(24)16-29)27-11-10-25-18(4)14-27/h7-9,12-13,15-16,18,25H,6,10-11,14H2,1-5H3/b22-7-,26-24?/t18-/m0/s1. The summed E-state index contributed by atoms with van der Waals surface area (Å²) in [5.41, 5.74) is 5.63. The van der Waals surface area contributed by atoms with Crippen LogP contribution in [0.15, 0.2) is 41.5 Å². The molecule has 1 aliphatic heterocycles. The molecular formula is C24H32N4O2. The first-order chi connectivity index (χ1) is 14.5. The lowest BCUT2D eigenvalue weighted by molar-refractivity contribution is 0.410. The molecule has 3 rings (SSSR count). The maximum absolute atomic E-state index is 11.9. The second-order valence-corrected chi connectivity index (χ2v) is 7.68. The summed E-state index contributed by atoms with van der Waals surface area (Å²) in [7, 11) is 1.69. The average Bonchev–Trinajstić information content (AvgIpc) is 2.77. The van der Waals surface area contributed by atoms with E-state index in [2.05, 4.69) is 36.2 Å². The van der Waals surface area contributed by atoms with Crippen LogP contribution in [-0.4, -0.2) is 43.8 Å². The van der Waals surface area contributed by atoms with Crippen molar-refractivity contribution in [2.75, 3.05) is 31.6 Å². The fraction of sp³-hybridized carbons (Fsp3) is 0.417. The number of aryl methyl sites for hydroxylation is 2. The van der Waals surface area contributed by atoms with E-state index in [0.717, 1.165) is 66.3 Å². The van der Waals surface area contributed by atoms with Crippen LogP contribution >= 0.6 is 0 Å². The van der Waals surface area contributed by atoms with Crippen LogP contribution in [0.25, 0.3) is 5.70 Å². The summed E-state index contributed by atoms with van der Waals surface area (Å²) in [4.78, 5) is 19.1. The quantitative estimate of drug-likeness (QED) is 0.746. The van der Waals surface area contributed by atoms with Gasteiger partial charge < -0.3 is 15.0 Å². The molecule has 1 atom stereocenters. The second-order valence-electron chi connectivity index (χ2n) is 7.68. The van der Waals surface area contributed by atoms with Gasteiger partial charge in [-0.25, -0.2) is 4.99 Å². The molecular weight excluding hydrogens is 376 g/mol. The summed E-state index contributed by atoms with van der Waals surface area (Å²) in [6.07, 6.45) is 5.57. The zero-order chi connectivity index (χ0) is 21.7. The van der Waals surface area contributed by atoms with E-state index in [1.54, 1.807) is 11.7 Å². The van der Waals surface area contributed by atoms with Crippen LogP contribution in [0.2, 0.25) is 0 Å². The van der Waals surface area contributed by atoms with E-state index in [4.69, 9.17) is 9.73 Å². The highest BCUT2D eigenvalue weighted by molar-refractivity contribution is 5.67. The van der Waals surface area contributed by atoms with Crippen molar-refractivity contribution in [2.24, 2.45) is 4.99 Å². The summed E-state index contributed by atoms with van der Waals surface area (Å²) in [5, 5.41) is 3.45. The van der Waals surface area contributed by atoms with E-state index in [9.17, 15) is 4.79 Å². The van der Waals surface area contributed by atoms with Gasteiger partial charge in [-0.15, -0.1) is 0 Å². The normalized spacial score (nSPS) is 17.9. The number of carbonyl (C=O) groups excluding carboxylic acids is 1. The number of nitrogens with one attached hydrogen (secondary N) is 1. The minimum absolute atomic E-state index is 0.422. The van der Waals surface area contributed by atoms with Gasteiger partial charge in [0.15, 0.2) is 0 Å². The Kier molecular flexibility index (Phi) is 7.11. The first kappa shape index (κ1) is 21.8. The van der Waals surface area contributed by atoms with Gasteiger partial charge in [0.2, 0.25) is 6.41 Å². The highest BCUT2D eigenvalue weighted by atomic mass is 16.5. The number of rotatable bonds is 6. The summed E-state index contributed by atoms with van der Waals surface area (Å²) >= 11 is 0. The van der Waals surface area contributed by atoms with Crippen molar-refractivity contribution < 1.29 is 9.53 Å². The Morgan fingerprint density at radius 2 is 2.17 bits per heavy atom. The number of anilines is 1. The first-order valence-electron chi connectivity index (χ1n) is 10.5. The number of piperazine rings is 1. The lowest BCUT2D eigenvalue weighted by atomic mass is 10.1. The van der Waals surface area contributed by atoms with E-state index < -0.39 is 0 Å². The largest absolute Gasteiger partial charge is 0.496 e. The van der Waals surface area contributed by atoms with E-state index >= 15 is 0 Å².